The van der Waals surface area contributed by atoms with Crippen molar-refractivity contribution in [1.82, 2.24) is 0 Å². The van der Waals surface area contributed by atoms with Crippen molar-refractivity contribution in [3.8, 4) is 11.5 Å². The first kappa shape index (κ1) is 23.1. The van der Waals surface area contributed by atoms with Crippen LogP contribution >= 0.6 is 0 Å². The van der Waals surface area contributed by atoms with Crippen LogP contribution in [0.2, 0.25) is 0 Å². The lowest BCUT2D eigenvalue weighted by Gasteiger charge is -2.22. The Morgan fingerprint density at radius 3 is 1.91 bits per heavy atom. The van der Waals surface area contributed by atoms with Gasteiger partial charge in [0.1, 0.15) is 17.4 Å². The molecule has 164 valence electrons. The van der Waals surface area contributed by atoms with Gasteiger partial charge in [-0.05, 0) is 59.9 Å². The average molecular weight is 435 g/mol. The molecule has 0 spiro atoms. The maximum Gasteiger partial charge on any atom is 0.399 e. The van der Waals surface area contributed by atoms with Gasteiger partial charge in [-0.2, -0.15) is 13.2 Å². The van der Waals surface area contributed by atoms with Crippen LogP contribution in [0.1, 0.15) is 29.5 Å². The Bertz CT molecular complexity index is 1080. The van der Waals surface area contributed by atoms with Gasteiger partial charge in [-0.3, -0.25) is 0 Å². The van der Waals surface area contributed by atoms with E-state index in [-0.39, 0.29) is 11.1 Å². The number of alkyl halides is 3. The summed E-state index contributed by atoms with van der Waals surface area (Å²) in [5.74, 6) is -0.687. The van der Waals surface area contributed by atoms with Crippen molar-refractivity contribution in [1.29, 1.82) is 0 Å². The number of allylic oxidation sites excluding steroid dienone is 4. The third-order valence-corrected chi connectivity index (χ3v) is 4.93. The minimum atomic E-state index is -4.45. The molecule has 0 aliphatic carbocycles. The number of rotatable bonds is 8. The quantitative estimate of drug-likeness (QED) is 0.323. The van der Waals surface area contributed by atoms with Gasteiger partial charge in [-0.15, -0.1) is 0 Å². The fraction of sp³-hybridized carbons (Fsp3) is 0.143. The summed E-state index contributed by atoms with van der Waals surface area (Å²) < 4.78 is 47.2. The lowest BCUT2D eigenvalue weighted by Crippen LogP contribution is -2.22. The highest BCUT2D eigenvalue weighted by Gasteiger charge is 2.42. The first-order valence-corrected chi connectivity index (χ1v) is 10.2. The molecule has 0 amide bonds. The van der Waals surface area contributed by atoms with Crippen molar-refractivity contribution in [3.05, 3.63) is 132 Å². The van der Waals surface area contributed by atoms with Gasteiger partial charge in [0.05, 0.1) is 0 Å². The van der Waals surface area contributed by atoms with E-state index in [1.165, 1.54) is 29.8 Å². The number of ether oxygens (including phenoxy) is 1. The lowest BCUT2D eigenvalue weighted by molar-refractivity contribution is -0.141. The molecule has 3 rings (SSSR count). The van der Waals surface area contributed by atoms with Gasteiger partial charge in [0, 0.05) is 0 Å². The summed E-state index contributed by atoms with van der Waals surface area (Å²) >= 11 is 0. The zero-order chi connectivity index (χ0) is 23.1. The van der Waals surface area contributed by atoms with E-state index >= 15 is 0 Å². The van der Waals surface area contributed by atoms with Crippen LogP contribution in [0, 0.1) is 0 Å². The zero-order valence-electron chi connectivity index (χ0n) is 17.9. The van der Waals surface area contributed by atoms with E-state index in [4.69, 9.17) is 4.74 Å². The Kier molecular flexibility index (Phi) is 7.37. The first-order valence-electron chi connectivity index (χ1n) is 10.2. The largest absolute Gasteiger partial charge is 0.457 e. The second-order valence-corrected chi connectivity index (χ2v) is 7.65. The molecule has 3 aromatic rings. The molecule has 0 N–H and O–H groups in total. The van der Waals surface area contributed by atoms with Crippen molar-refractivity contribution in [3.63, 3.8) is 0 Å². The number of hydrogen-bond acceptors (Lipinski definition) is 1. The van der Waals surface area contributed by atoms with Crippen molar-refractivity contribution in [2.24, 2.45) is 0 Å². The standard InChI is InChI=1S/C28H25F3O/c1-4-23(18-20(2)3)27(28(29,30)31)24-12-16-26(17-13-24)32-25-14-10-22(11-15-25)19-21-8-6-5-7-9-21/h4-18,27H,1-2,19H2,3H3/b23-18-. The highest BCUT2D eigenvalue weighted by molar-refractivity contribution is 5.42. The summed E-state index contributed by atoms with van der Waals surface area (Å²) in [5, 5.41) is 0. The SMILES string of the molecule is C=C/C(=C/C(=C)C)C(c1ccc(Oc2ccc(Cc3ccccc3)cc2)cc1)C(F)(F)F. The van der Waals surface area contributed by atoms with E-state index in [0.29, 0.717) is 17.1 Å². The molecule has 3 aromatic carbocycles. The molecule has 0 aromatic heterocycles. The maximum atomic E-state index is 13.8. The molecule has 0 heterocycles. The number of halogens is 3. The minimum Gasteiger partial charge on any atom is -0.457 e. The third kappa shape index (κ3) is 6.24. The molecule has 1 unspecified atom stereocenters. The van der Waals surface area contributed by atoms with Gasteiger partial charge < -0.3 is 4.74 Å². The molecule has 0 bridgehead atoms. The predicted molar refractivity (Wildman–Crippen MR) is 124 cm³/mol. The topological polar surface area (TPSA) is 9.23 Å². The third-order valence-electron chi connectivity index (χ3n) is 4.93. The summed E-state index contributed by atoms with van der Waals surface area (Å²) in [6, 6.07) is 23.8. The zero-order valence-corrected chi connectivity index (χ0v) is 17.9. The van der Waals surface area contributed by atoms with E-state index in [1.807, 2.05) is 42.5 Å². The summed E-state index contributed by atoms with van der Waals surface area (Å²) in [4.78, 5) is 0. The van der Waals surface area contributed by atoms with Crippen LogP contribution in [0.25, 0.3) is 0 Å². The molecule has 1 nitrogen and oxygen atoms in total. The Hall–Kier alpha value is -3.53. The molecule has 0 radical (unpaired) electrons. The van der Waals surface area contributed by atoms with Crippen LogP contribution in [-0.2, 0) is 6.42 Å². The van der Waals surface area contributed by atoms with E-state index in [2.05, 4.69) is 25.3 Å². The van der Waals surface area contributed by atoms with Gasteiger partial charge in [0.2, 0.25) is 0 Å². The van der Waals surface area contributed by atoms with Crippen molar-refractivity contribution < 1.29 is 17.9 Å². The Balaban J connectivity index is 1.74. The molecular weight excluding hydrogens is 409 g/mol. The lowest BCUT2D eigenvalue weighted by atomic mass is 9.89. The van der Waals surface area contributed by atoms with Crippen LogP contribution in [0.4, 0.5) is 13.2 Å². The second kappa shape index (κ2) is 10.2. The number of benzene rings is 3. The summed E-state index contributed by atoms with van der Waals surface area (Å²) in [6.07, 6.45) is -0.995. The molecule has 0 fully saturated rings. The highest BCUT2D eigenvalue weighted by atomic mass is 19.4. The molecule has 0 aliphatic rings. The van der Waals surface area contributed by atoms with E-state index in [1.54, 1.807) is 19.1 Å². The van der Waals surface area contributed by atoms with E-state index in [0.717, 1.165) is 12.0 Å². The Labute approximate surface area is 187 Å². The fourth-order valence-corrected chi connectivity index (χ4v) is 3.49. The molecule has 0 saturated heterocycles. The maximum absolute atomic E-state index is 13.8. The van der Waals surface area contributed by atoms with Crippen LogP contribution in [-0.4, -0.2) is 6.18 Å². The van der Waals surface area contributed by atoms with Crippen LogP contribution in [0.3, 0.4) is 0 Å². The van der Waals surface area contributed by atoms with Crippen LogP contribution in [0.5, 0.6) is 11.5 Å². The van der Waals surface area contributed by atoms with Crippen molar-refractivity contribution in [2.75, 3.05) is 0 Å². The second-order valence-electron chi connectivity index (χ2n) is 7.65. The molecule has 0 aliphatic heterocycles. The Morgan fingerprint density at radius 2 is 1.41 bits per heavy atom. The highest BCUT2D eigenvalue weighted by Crippen LogP contribution is 2.41. The monoisotopic (exact) mass is 434 g/mol. The summed E-state index contributed by atoms with van der Waals surface area (Å²) in [7, 11) is 0. The van der Waals surface area contributed by atoms with Gasteiger partial charge in [-0.25, -0.2) is 0 Å². The summed E-state index contributed by atoms with van der Waals surface area (Å²) in [6.45, 7) is 8.88. The molecular formula is C28H25F3O. The summed E-state index contributed by atoms with van der Waals surface area (Å²) in [5.41, 5.74) is 3.08. The number of hydrogen-bond donors (Lipinski definition) is 0. The molecule has 32 heavy (non-hydrogen) atoms. The van der Waals surface area contributed by atoms with Gasteiger partial charge in [-0.1, -0.05) is 85.5 Å². The molecule has 4 heteroatoms. The van der Waals surface area contributed by atoms with Gasteiger partial charge in [0.15, 0.2) is 0 Å². The first-order chi connectivity index (χ1) is 15.3. The Morgan fingerprint density at radius 1 is 0.875 bits per heavy atom. The van der Waals surface area contributed by atoms with Gasteiger partial charge >= 0.3 is 6.18 Å². The minimum absolute atomic E-state index is 0.0627. The van der Waals surface area contributed by atoms with Crippen molar-refractivity contribution in [2.45, 2.75) is 25.4 Å². The normalized spacial score (nSPS) is 12.8. The van der Waals surface area contributed by atoms with Crippen LogP contribution in [0.15, 0.2) is 115 Å². The molecule has 0 saturated carbocycles. The fourth-order valence-electron chi connectivity index (χ4n) is 3.49. The van der Waals surface area contributed by atoms with E-state index in [9.17, 15) is 13.2 Å². The smallest absolute Gasteiger partial charge is 0.399 e. The molecule has 1 atom stereocenters. The van der Waals surface area contributed by atoms with E-state index < -0.39 is 12.1 Å². The average Bonchev–Trinajstić information content (AvgIpc) is 2.75. The predicted octanol–water partition coefficient (Wildman–Crippen LogP) is 8.40. The van der Waals surface area contributed by atoms with Crippen LogP contribution < -0.4 is 4.74 Å². The van der Waals surface area contributed by atoms with Gasteiger partial charge in [0.25, 0.3) is 0 Å². The van der Waals surface area contributed by atoms with Crippen molar-refractivity contribution >= 4 is 0 Å².